The molecule has 1 heterocycles. The van der Waals surface area contributed by atoms with Crippen molar-refractivity contribution in [1.29, 1.82) is 0 Å². The monoisotopic (exact) mass is 285 g/mol. The number of carbonyl (C=O) groups excluding carboxylic acids is 1. The third-order valence-electron chi connectivity index (χ3n) is 2.77. The largest absolute Gasteiger partial charge is 0.480 e. The fraction of sp³-hybridized carbons (Fsp3) is 0.538. The lowest BCUT2D eigenvalue weighted by molar-refractivity contribution is -0.147. The van der Waals surface area contributed by atoms with Gasteiger partial charge >= 0.3 is 11.9 Å². The van der Waals surface area contributed by atoms with Gasteiger partial charge in [-0.1, -0.05) is 6.92 Å². The maximum atomic E-state index is 11.4. The molecule has 0 saturated carbocycles. The van der Waals surface area contributed by atoms with E-state index in [-0.39, 0.29) is 12.4 Å². The molecule has 0 bridgehead atoms. The lowest BCUT2D eigenvalue weighted by atomic mass is 10.1. The zero-order valence-corrected chi connectivity index (χ0v) is 12.0. The zero-order chi connectivity index (χ0) is 14.3. The number of nitrogens with zero attached hydrogens (tertiary/aromatic N) is 1. The summed E-state index contributed by atoms with van der Waals surface area (Å²) in [5, 5.41) is 13.0. The normalized spacial score (nSPS) is 12.4. The molecule has 0 aliphatic heterocycles. The maximum absolute atomic E-state index is 11.4. The zero-order valence-electron chi connectivity index (χ0n) is 11.2. The van der Waals surface area contributed by atoms with Crippen LogP contribution in [0.2, 0.25) is 0 Å². The number of carboxylic acid groups (broad SMARTS) is 1. The first-order chi connectivity index (χ1) is 9.10. The third kappa shape index (κ3) is 4.65. The van der Waals surface area contributed by atoms with Gasteiger partial charge in [-0.15, -0.1) is 0 Å². The Balaban J connectivity index is 2.70. The topological polar surface area (TPSA) is 66.8 Å². The number of ether oxygens (including phenoxy) is 1. The fourth-order valence-electron chi connectivity index (χ4n) is 1.88. The second-order valence-corrected chi connectivity index (χ2v) is 4.76. The molecule has 0 saturated heterocycles. The first kappa shape index (κ1) is 15.7. The maximum Gasteiger partial charge on any atom is 0.325 e. The fourth-order valence-corrected chi connectivity index (χ4v) is 2.56. The molecule has 5 nitrogen and oxygen atoms in total. The van der Waals surface area contributed by atoms with Crippen LogP contribution in [0.5, 0.6) is 0 Å². The predicted molar refractivity (Wildman–Crippen MR) is 73.2 cm³/mol. The van der Waals surface area contributed by atoms with Crippen LogP contribution < -0.4 is 0 Å². The summed E-state index contributed by atoms with van der Waals surface area (Å²) in [6, 6.07) is 1.10. The number of hydrogen-bond acceptors (Lipinski definition) is 5. The Morgan fingerprint density at radius 2 is 2.21 bits per heavy atom. The second-order valence-electron chi connectivity index (χ2n) is 3.98. The molecule has 0 radical (unpaired) electrons. The van der Waals surface area contributed by atoms with Crippen LogP contribution in [0, 0.1) is 0 Å². The van der Waals surface area contributed by atoms with E-state index in [4.69, 9.17) is 4.74 Å². The SMILES string of the molecule is CCOC(=O)CCN(CC)C(C(=O)O)c1ccsc1. The van der Waals surface area contributed by atoms with Gasteiger partial charge in [-0.05, 0) is 35.9 Å². The number of carboxylic acids is 1. The van der Waals surface area contributed by atoms with Crippen molar-refractivity contribution in [3.63, 3.8) is 0 Å². The van der Waals surface area contributed by atoms with Crippen LogP contribution in [0.1, 0.15) is 31.9 Å². The van der Waals surface area contributed by atoms with Crippen LogP contribution in [-0.4, -0.2) is 41.6 Å². The number of aliphatic carboxylic acids is 1. The Hall–Kier alpha value is -1.40. The van der Waals surface area contributed by atoms with Crippen LogP contribution in [0.25, 0.3) is 0 Å². The molecular formula is C13H19NO4S. The summed E-state index contributed by atoms with van der Waals surface area (Å²) in [6.45, 7) is 4.92. The Labute approximate surface area is 116 Å². The molecule has 1 aromatic heterocycles. The minimum atomic E-state index is -0.899. The van der Waals surface area contributed by atoms with E-state index in [0.29, 0.717) is 19.7 Å². The van der Waals surface area contributed by atoms with Gasteiger partial charge in [0.25, 0.3) is 0 Å². The molecule has 0 aromatic carbocycles. The van der Waals surface area contributed by atoms with E-state index in [9.17, 15) is 14.7 Å². The Morgan fingerprint density at radius 1 is 1.47 bits per heavy atom. The van der Waals surface area contributed by atoms with E-state index in [0.717, 1.165) is 5.56 Å². The average Bonchev–Trinajstić information content (AvgIpc) is 2.87. The van der Waals surface area contributed by atoms with Gasteiger partial charge in [0.15, 0.2) is 0 Å². The summed E-state index contributed by atoms with van der Waals surface area (Å²) in [5.74, 6) is -1.19. The number of carbonyl (C=O) groups is 2. The van der Waals surface area contributed by atoms with Crippen molar-refractivity contribution >= 4 is 23.3 Å². The molecule has 1 N–H and O–H groups in total. The summed E-state index contributed by atoms with van der Waals surface area (Å²) in [6.07, 6.45) is 0.204. The van der Waals surface area contributed by atoms with Crippen molar-refractivity contribution in [2.24, 2.45) is 0 Å². The summed E-state index contributed by atoms with van der Waals surface area (Å²) < 4.78 is 4.86. The minimum Gasteiger partial charge on any atom is -0.480 e. The van der Waals surface area contributed by atoms with Gasteiger partial charge in [-0.25, -0.2) is 0 Å². The molecule has 0 spiro atoms. The molecule has 19 heavy (non-hydrogen) atoms. The number of thiophene rings is 1. The van der Waals surface area contributed by atoms with E-state index < -0.39 is 12.0 Å². The second kappa shape index (κ2) is 7.91. The number of esters is 1. The van der Waals surface area contributed by atoms with Gasteiger partial charge in [0, 0.05) is 6.54 Å². The average molecular weight is 285 g/mol. The van der Waals surface area contributed by atoms with Crippen molar-refractivity contribution in [2.45, 2.75) is 26.3 Å². The molecule has 0 amide bonds. The van der Waals surface area contributed by atoms with Gasteiger partial charge in [0.1, 0.15) is 6.04 Å². The van der Waals surface area contributed by atoms with Crippen molar-refractivity contribution in [3.8, 4) is 0 Å². The Bertz CT molecular complexity index is 405. The van der Waals surface area contributed by atoms with Crippen LogP contribution in [0.3, 0.4) is 0 Å². The molecule has 6 heteroatoms. The molecule has 0 aliphatic carbocycles. The van der Waals surface area contributed by atoms with E-state index >= 15 is 0 Å². The van der Waals surface area contributed by atoms with Crippen molar-refractivity contribution in [2.75, 3.05) is 19.7 Å². The standard InChI is InChI=1S/C13H19NO4S/c1-3-14(7-5-11(15)18-4-2)12(13(16)17)10-6-8-19-9-10/h6,8-9,12H,3-5,7H2,1-2H3,(H,16,17). The summed E-state index contributed by atoms with van der Waals surface area (Å²) in [7, 11) is 0. The minimum absolute atomic E-state index is 0.204. The quantitative estimate of drug-likeness (QED) is 0.741. The smallest absolute Gasteiger partial charge is 0.325 e. The van der Waals surface area contributed by atoms with Crippen molar-refractivity contribution in [3.05, 3.63) is 22.4 Å². The van der Waals surface area contributed by atoms with Gasteiger partial charge in [-0.3, -0.25) is 14.5 Å². The summed E-state index contributed by atoms with van der Waals surface area (Å²) in [5.41, 5.74) is 0.753. The van der Waals surface area contributed by atoms with E-state index in [1.165, 1.54) is 11.3 Å². The summed E-state index contributed by atoms with van der Waals surface area (Å²) >= 11 is 1.46. The van der Waals surface area contributed by atoms with E-state index in [2.05, 4.69) is 0 Å². The lowest BCUT2D eigenvalue weighted by Crippen LogP contribution is -2.35. The van der Waals surface area contributed by atoms with Crippen molar-refractivity contribution < 1.29 is 19.4 Å². The highest BCUT2D eigenvalue weighted by Crippen LogP contribution is 2.23. The van der Waals surface area contributed by atoms with Crippen molar-refractivity contribution in [1.82, 2.24) is 4.90 Å². The summed E-state index contributed by atoms with van der Waals surface area (Å²) in [4.78, 5) is 24.5. The highest BCUT2D eigenvalue weighted by molar-refractivity contribution is 7.08. The van der Waals surface area contributed by atoms with Crippen LogP contribution in [0.4, 0.5) is 0 Å². The van der Waals surface area contributed by atoms with Crippen LogP contribution in [-0.2, 0) is 14.3 Å². The Morgan fingerprint density at radius 3 is 2.68 bits per heavy atom. The molecule has 0 aliphatic rings. The molecule has 0 fully saturated rings. The highest BCUT2D eigenvalue weighted by Gasteiger charge is 2.27. The van der Waals surface area contributed by atoms with Gasteiger partial charge < -0.3 is 9.84 Å². The number of rotatable bonds is 8. The first-order valence-electron chi connectivity index (χ1n) is 6.24. The van der Waals surface area contributed by atoms with Crippen LogP contribution in [0.15, 0.2) is 16.8 Å². The number of likely N-dealkylation sites (N-methyl/N-ethyl adjacent to an activating group) is 1. The van der Waals surface area contributed by atoms with E-state index in [1.54, 1.807) is 17.9 Å². The van der Waals surface area contributed by atoms with Gasteiger partial charge in [0.2, 0.25) is 0 Å². The van der Waals surface area contributed by atoms with E-state index in [1.807, 2.05) is 17.7 Å². The molecule has 106 valence electrons. The molecular weight excluding hydrogens is 266 g/mol. The lowest BCUT2D eigenvalue weighted by Gasteiger charge is -2.26. The molecule has 1 aromatic rings. The molecule has 1 atom stereocenters. The van der Waals surface area contributed by atoms with Gasteiger partial charge in [-0.2, -0.15) is 11.3 Å². The van der Waals surface area contributed by atoms with Gasteiger partial charge in [0.05, 0.1) is 13.0 Å². The van der Waals surface area contributed by atoms with Crippen LogP contribution >= 0.6 is 11.3 Å². The Kier molecular flexibility index (Phi) is 6.52. The molecule has 1 rings (SSSR count). The molecule has 1 unspecified atom stereocenters. The third-order valence-corrected chi connectivity index (χ3v) is 3.47. The predicted octanol–water partition coefficient (Wildman–Crippen LogP) is 2.15. The number of hydrogen-bond donors (Lipinski definition) is 1. The first-order valence-corrected chi connectivity index (χ1v) is 7.19. The highest BCUT2D eigenvalue weighted by atomic mass is 32.1.